The molecule has 1 saturated carbocycles. The summed E-state index contributed by atoms with van der Waals surface area (Å²) in [5, 5.41) is 18.3. The highest BCUT2D eigenvalue weighted by Gasteiger charge is 2.30. The van der Waals surface area contributed by atoms with Crippen molar-refractivity contribution >= 4 is 28.5 Å². The lowest BCUT2D eigenvalue weighted by molar-refractivity contribution is -0.141. The third-order valence-corrected chi connectivity index (χ3v) is 3.30. The van der Waals surface area contributed by atoms with Crippen LogP contribution in [0.4, 0.5) is 9.80 Å². The highest BCUT2D eigenvalue weighted by molar-refractivity contribution is 7.10. The van der Waals surface area contributed by atoms with Crippen LogP contribution in [0.15, 0.2) is 6.20 Å². The van der Waals surface area contributed by atoms with Gasteiger partial charge >= 0.3 is 12.0 Å². The van der Waals surface area contributed by atoms with Crippen molar-refractivity contribution in [2.45, 2.75) is 25.3 Å². The van der Waals surface area contributed by atoms with Crippen LogP contribution in [0.25, 0.3) is 0 Å². The zero-order valence-electron chi connectivity index (χ0n) is 8.92. The molecule has 1 aromatic rings. The largest absolute Gasteiger partial charge is 0.481 e. The Kier molecular flexibility index (Phi) is 3.52. The number of carboxylic acids is 1. The van der Waals surface area contributed by atoms with E-state index in [0.717, 1.165) is 11.5 Å². The van der Waals surface area contributed by atoms with Crippen LogP contribution in [0.2, 0.25) is 0 Å². The maximum atomic E-state index is 11.5. The molecule has 17 heavy (non-hydrogen) atoms. The molecule has 0 bridgehead atoms. The van der Waals surface area contributed by atoms with Crippen molar-refractivity contribution < 1.29 is 14.7 Å². The lowest BCUT2D eigenvalue weighted by Crippen LogP contribution is -2.36. The van der Waals surface area contributed by atoms with E-state index in [0.29, 0.717) is 24.3 Å². The Morgan fingerprint density at radius 1 is 1.47 bits per heavy atom. The molecule has 2 atom stereocenters. The summed E-state index contributed by atoms with van der Waals surface area (Å²) in [6, 6.07) is -0.413. The van der Waals surface area contributed by atoms with Crippen molar-refractivity contribution in [3.05, 3.63) is 6.20 Å². The summed E-state index contributed by atoms with van der Waals surface area (Å²) in [5.41, 5.74) is 0. The van der Waals surface area contributed by atoms with Crippen LogP contribution in [0.5, 0.6) is 0 Å². The Morgan fingerprint density at radius 3 is 2.88 bits per heavy atom. The van der Waals surface area contributed by atoms with Gasteiger partial charge in [0.2, 0.25) is 0 Å². The molecule has 1 aliphatic carbocycles. The minimum absolute atomic E-state index is 0.0722. The first-order valence-corrected chi connectivity index (χ1v) is 6.00. The number of rotatable bonds is 3. The summed E-state index contributed by atoms with van der Waals surface area (Å²) in [6.07, 6.45) is 3.26. The summed E-state index contributed by atoms with van der Waals surface area (Å²) >= 11 is 1.09. The third-order valence-electron chi connectivity index (χ3n) is 2.72. The Hall–Kier alpha value is -1.70. The second-order valence-electron chi connectivity index (χ2n) is 3.93. The molecule has 0 radical (unpaired) electrons. The van der Waals surface area contributed by atoms with Crippen molar-refractivity contribution in [2.24, 2.45) is 5.92 Å². The maximum absolute atomic E-state index is 11.5. The van der Waals surface area contributed by atoms with Crippen molar-refractivity contribution in [3.8, 4) is 0 Å². The Bertz CT molecular complexity index is 408. The van der Waals surface area contributed by atoms with Gasteiger partial charge in [0.15, 0.2) is 0 Å². The number of carboxylic acid groups (broad SMARTS) is 1. The molecule has 0 aliphatic heterocycles. The summed E-state index contributed by atoms with van der Waals surface area (Å²) in [4.78, 5) is 22.3. The van der Waals surface area contributed by atoms with Crippen molar-refractivity contribution in [3.63, 3.8) is 0 Å². The normalized spacial score (nSPS) is 23.3. The lowest BCUT2D eigenvalue weighted by Gasteiger charge is -2.12. The summed E-state index contributed by atoms with van der Waals surface area (Å²) in [6.45, 7) is 0. The number of hydrogen-bond donors (Lipinski definition) is 3. The van der Waals surface area contributed by atoms with Gasteiger partial charge in [0.1, 0.15) is 5.00 Å². The van der Waals surface area contributed by atoms with E-state index in [1.165, 1.54) is 6.20 Å². The monoisotopic (exact) mass is 256 g/mol. The quantitative estimate of drug-likeness (QED) is 0.745. The van der Waals surface area contributed by atoms with Crippen LogP contribution in [0.3, 0.4) is 0 Å². The summed E-state index contributed by atoms with van der Waals surface area (Å²) in [5.74, 6) is -1.13. The number of aliphatic carboxylic acids is 1. The number of hydrogen-bond acceptors (Lipinski definition) is 5. The molecule has 2 amide bonds. The molecular weight excluding hydrogens is 244 g/mol. The number of carbonyl (C=O) groups excluding carboxylic acids is 1. The molecule has 7 nitrogen and oxygen atoms in total. The van der Waals surface area contributed by atoms with Crippen LogP contribution >= 0.6 is 11.5 Å². The number of nitrogens with one attached hydrogen (secondary N) is 2. The zero-order chi connectivity index (χ0) is 12.3. The minimum Gasteiger partial charge on any atom is -0.481 e. The van der Waals surface area contributed by atoms with Gasteiger partial charge in [-0.25, -0.2) is 4.79 Å². The van der Waals surface area contributed by atoms with Gasteiger partial charge < -0.3 is 10.4 Å². The van der Waals surface area contributed by atoms with Gasteiger partial charge in [-0.05, 0) is 19.3 Å². The second-order valence-corrected chi connectivity index (χ2v) is 4.71. The van der Waals surface area contributed by atoms with E-state index >= 15 is 0 Å². The molecule has 92 valence electrons. The van der Waals surface area contributed by atoms with Crippen LogP contribution < -0.4 is 10.6 Å². The number of anilines is 1. The molecule has 1 aliphatic rings. The molecule has 1 fully saturated rings. The zero-order valence-corrected chi connectivity index (χ0v) is 9.74. The minimum atomic E-state index is -0.790. The van der Waals surface area contributed by atoms with Gasteiger partial charge in [0, 0.05) is 17.6 Å². The highest BCUT2D eigenvalue weighted by Crippen LogP contribution is 2.25. The number of amides is 2. The predicted octanol–water partition coefficient (Wildman–Crippen LogP) is 0.913. The number of urea groups is 1. The first kappa shape index (κ1) is 11.8. The van der Waals surface area contributed by atoms with Crippen LogP contribution in [-0.2, 0) is 4.79 Å². The van der Waals surface area contributed by atoms with Gasteiger partial charge in [0.05, 0.1) is 12.1 Å². The molecule has 0 saturated heterocycles. The summed E-state index contributed by atoms with van der Waals surface area (Å²) < 4.78 is 3.61. The predicted molar refractivity (Wildman–Crippen MR) is 60.8 cm³/mol. The SMILES string of the molecule is O=C(Nc1cnns1)NC1CCC(C(=O)O)C1. The second kappa shape index (κ2) is 5.09. The Morgan fingerprint density at radius 2 is 2.29 bits per heavy atom. The molecule has 1 aromatic heterocycles. The average molecular weight is 256 g/mol. The fourth-order valence-corrected chi connectivity index (χ4v) is 2.31. The Labute approximate surface area is 101 Å². The highest BCUT2D eigenvalue weighted by atomic mass is 32.1. The standard InChI is InChI=1S/C9H12N4O3S/c14-8(15)5-1-2-6(3-5)11-9(16)12-7-4-10-13-17-7/h4-6H,1-3H2,(H,14,15)(H2,11,12,16). The molecule has 1 heterocycles. The fraction of sp³-hybridized carbons (Fsp3) is 0.556. The number of carbonyl (C=O) groups is 2. The van der Waals surface area contributed by atoms with Crippen LogP contribution in [0, 0.1) is 5.92 Å². The van der Waals surface area contributed by atoms with Crippen molar-refractivity contribution in [1.82, 2.24) is 14.9 Å². The van der Waals surface area contributed by atoms with E-state index in [-0.39, 0.29) is 18.0 Å². The molecule has 0 spiro atoms. The van der Waals surface area contributed by atoms with Gasteiger partial charge in [-0.2, -0.15) is 0 Å². The number of nitrogens with zero attached hydrogens (tertiary/aromatic N) is 2. The molecule has 2 unspecified atom stereocenters. The van der Waals surface area contributed by atoms with Gasteiger partial charge in [-0.15, -0.1) is 5.10 Å². The van der Waals surface area contributed by atoms with Crippen molar-refractivity contribution in [1.29, 1.82) is 0 Å². The van der Waals surface area contributed by atoms with Crippen LogP contribution in [-0.4, -0.2) is 32.7 Å². The van der Waals surface area contributed by atoms with E-state index in [9.17, 15) is 9.59 Å². The maximum Gasteiger partial charge on any atom is 0.320 e. The van der Waals surface area contributed by atoms with Crippen molar-refractivity contribution in [2.75, 3.05) is 5.32 Å². The molecule has 8 heteroatoms. The van der Waals surface area contributed by atoms with E-state index in [1.807, 2.05) is 0 Å². The van der Waals surface area contributed by atoms with Crippen LogP contribution in [0.1, 0.15) is 19.3 Å². The van der Waals surface area contributed by atoms with E-state index in [1.54, 1.807) is 0 Å². The number of aromatic nitrogens is 2. The van der Waals surface area contributed by atoms with E-state index < -0.39 is 5.97 Å². The smallest absolute Gasteiger partial charge is 0.320 e. The molecule has 2 rings (SSSR count). The van der Waals surface area contributed by atoms with Gasteiger partial charge in [-0.1, -0.05) is 4.49 Å². The topological polar surface area (TPSA) is 104 Å². The first-order valence-electron chi connectivity index (χ1n) is 5.23. The van der Waals surface area contributed by atoms with Gasteiger partial charge in [0.25, 0.3) is 0 Å². The molecular formula is C9H12N4O3S. The van der Waals surface area contributed by atoms with E-state index in [2.05, 4.69) is 20.2 Å². The first-order chi connectivity index (χ1) is 8.15. The summed E-state index contributed by atoms with van der Waals surface area (Å²) in [7, 11) is 0. The van der Waals surface area contributed by atoms with Gasteiger partial charge in [-0.3, -0.25) is 10.1 Å². The lowest BCUT2D eigenvalue weighted by atomic mass is 10.1. The molecule has 3 N–H and O–H groups in total. The average Bonchev–Trinajstić information content (AvgIpc) is 2.88. The molecule has 0 aromatic carbocycles. The third kappa shape index (κ3) is 3.13. The Balaban J connectivity index is 1.78. The van der Waals surface area contributed by atoms with E-state index in [4.69, 9.17) is 5.11 Å². The fourth-order valence-electron chi connectivity index (χ4n) is 1.89.